The molecule has 0 heterocycles. The number of allylic oxidation sites excluding steroid dienone is 4. The van der Waals surface area contributed by atoms with Gasteiger partial charge in [0.25, 0.3) is 0 Å². The fraction of sp³-hybridized carbons (Fsp3) is 0.571. The van der Waals surface area contributed by atoms with E-state index in [1.165, 1.54) is 5.19 Å². The van der Waals surface area contributed by atoms with Crippen molar-refractivity contribution >= 4 is 43.6 Å². The first kappa shape index (κ1) is 28.9. The number of benzene rings is 1. The second kappa shape index (κ2) is 12.6. The van der Waals surface area contributed by atoms with E-state index in [4.69, 9.17) is 9.47 Å². The summed E-state index contributed by atoms with van der Waals surface area (Å²) in [6.07, 6.45) is 10.0. The molecule has 1 aliphatic carbocycles. The van der Waals surface area contributed by atoms with Crippen molar-refractivity contribution in [3.63, 3.8) is 0 Å². The molecular formula is C28H44O4SiSn. The second-order valence-corrected chi connectivity index (χ2v) is 31.9. The molecule has 0 radical (unpaired) electrons. The summed E-state index contributed by atoms with van der Waals surface area (Å²) in [5, 5.41) is 1.44. The van der Waals surface area contributed by atoms with Crippen LogP contribution in [0, 0.1) is 17.3 Å². The molecule has 0 aromatic heterocycles. The van der Waals surface area contributed by atoms with E-state index in [0.29, 0.717) is 12.8 Å². The van der Waals surface area contributed by atoms with Gasteiger partial charge in [-0.1, -0.05) is 6.07 Å². The molecule has 188 valence electrons. The summed E-state index contributed by atoms with van der Waals surface area (Å²) in [5.41, 5.74) is -1.21. The third-order valence-corrected chi connectivity index (χ3v) is 14.1. The summed E-state index contributed by atoms with van der Waals surface area (Å²) in [4.78, 5) is 33.4. The average molecular weight is 591 g/mol. The molecule has 1 saturated carbocycles. The van der Waals surface area contributed by atoms with Crippen molar-refractivity contribution in [3.8, 4) is 0 Å². The number of hydrogen-bond donors (Lipinski definition) is 0. The van der Waals surface area contributed by atoms with Gasteiger partial charge in [-0.15, -0.1) is 0 Å². The molecule has 6 heteroatoms. The first-order valence-electron chi connectivity index (χ1n) is 12.7. The zero-order valence-corrected chi connectivity index (χ0v) is 26.1. The van der Waals surface area contributed by atoms with E-state index in [1.54, 1.807) is 13.8 Å². The molecule has 1 aromatic carbocycles. The number of carbonyl (C=O) groups excluding carboxylic acids is 2. The monoisotopic (exact) mass is 592 g/mol. The van der Waals surface area contributed by atoms with Crippen LogP contribution in [-0.4, -0.2) is 51.6 Å². The number of carbonyl (C=O) groups is 2. The summed E-state index contributed by atoms with van der Waals surface area (Å²) in [7, 11) is -1.61. The molecule has 1 aromatic rings. The quantitative estimate of drug-likeness (QED) is 0.133. The summed E-state index contributed by atoms with van der Waals surface area (Å²) >= 11 is -1.95. The SMILES string of the molecule is CCOC(=O)C1(C(=O)OCC)C[C@@H](/C=C/C[Si](C)(C)c2ccccc2)[C@H](/C=C/[CH2][Sn]([CH3])([CH3])[CH3])C1. The molecule has 0 N–H and O–H groups in total. The molecular weight excluding hydrogens is 547 g/mol. The van der Waals surface area contributed by atoms with Gasteiger partial charge in [-0.3, -0.25) is 0 Å². The zero-order valence-electron chi connectivity index (χ0n) is 22.2. The Morgan fingerprint density at radius 2 is 1.44 bits per heavy atom. The average Bonchev–Trinajstić information content (AvgIpc) is 3.13. The molecule has 0 bridgehead atoms. The third kappa shape index (κ3) is 7.84. The van der Waals surface area contributed by atoms with Crippen LogP contribution in [0.2, 0.25) is 38.4 Å². The first-order valence-corrected chi connectivity index (χ1v) is 26.5. The van der Waals surface area contributed by atoms with Crippen molar-refractivity contribution in [2.45, 2.75) is 65.1 Å². The molecule has 2 rings (SSSR count). The van der Waals surface area contributed by atoms with E-state index >= 15 is 0 Å². The van der Waals surface area contributed by atoms with Crippen molar-refractivity contribution in [3.05, 3.63) is 54.6 Å². The van der Waals surface area contributed by atoms with E-state index < -0.39 is 43.8 Å². The summed E-state index contributed by atoms with van der Waals surface area (Å²) < 4.78 is 11.9. The predicted molar refractivity (Wildman–Crippen MR) is 147 cm³/mol. The minimum absolute atomic E-state index is 0.112. The van der Waals surface area contributed by atoms with E-state index in [-0.39, 0.29) is 25.0 Å². The van der Waals surface area contributed by atoms with Crippen molar-refractivity contribution in [1.29, 1.82) is 0 Å². The number of ether oxygens (including phenoxy) is 2. The van der Waals surface area contributed by atoms with Crippen LogP contribution in [0.1, 0.15) is 26.7 Å². The van der Waals surface area contributed by atoms with Gasteiger partial charge >= 0.3 is 207 Å². The van der Waals surface area contributed by atoms with E-state index in [1.807, 2.05) is 0 Å². The van der Waals surface area contributed by atoms with Crippen LogP contribution < -0.4 is 5.19 Å². The first-order chi connectivity index (χ1) is 15.9. The van der Waals surface area contributed by atoms with Crippen molar-refractivity contribution in [1.82, 2.24) is 0 Å². The Morgan fingerprint density at radius 1 is 0.941 bits per heavy atom. The van der Waals surface area contributed by atoms with Crippen LogP contribution in [0.4, 0.5) is 0 Å². The maximum absolute atomic E-state index is 13.1. The predicted octanol–water partition coefficient (Wildman–Crippen LogP) is 6.19. The molecule has 1 fully saturated rings. The molecule has 0 saturated heterocycles. The van der Waals surface area contributed by atoms with Gasteiger partial charge in [-0.2, -0.15) is 0 Å². The Balaban J connectivity index is 2.31. The van der Waals surface area contributed by atoms with Gasteiger partial charge in [0.05, 0.1) is 0 Å². The van der Waals surface area contributed by atoms with Crippen LogP contribution >= 0.6 is 0 Å². The fourth-order valence-corrected chi connectivity index (χ4v) is 9.17. The van der Waals surface area contributed by atoms with Crippen LogP contribution in [0.3, 0.4) is 0 Å². The Bertz CT molecular complexity index is 852. The van der Waals surface area contributed by atoms with Gasteiger partial charge in [0.1, 0.15) is 0 Å². The Hall–Kier alpha value is -1.34. The van der Waals surface area contributed by atoms with Crippen molar-refractivity contribution in [2.75, 3.05) is 13.2 Å². The van der Waals surface area contributed by atoms with Gasteiger partial charge in [0.15, 0.2) is 0 Å². The standard InChI is InChI=1S/C25H35O4Si.3CH3.Sn/c1-6-13-20-18-25(23(26)28-7-2,24(27)29-8-3)19-21(20)14-12-17-30(4,5)22-15-10-9-11-16-22;;;;/h6,9-16,20-21H,1,7-8,17-19H2,2-5H3;3*1H3;/b13-6+,14-12+;;;;/t20-,21-;;;;/m1..../s1. The van der Waals surface area contributed by atoms with E-state index in [9.17, 15) is 9.59 Å². The molecule has 0 aliphatic heterocycles. The molecule has 4 nitrogen and oxygen atoms in total. The Kier molecular flexibility index (Phi) is 10.7. The van der Waals surface area contributed by atoms with Crippen LogP contribution in [0.25, 0.3) is 0 Å². The maximum atomic E-state index is 13.1. The summed E-state index contributed by atoms with van der Waals surface area (Å²) in [6, 6.07) is 11.8. The van der Waals surface area contributed by atoms with E-state index in [0.717, 1.165) is 10.5 Å². The number of hydrogen-bond acceptors (Lipinski definition) is 4. The Morgan fingerprint density at radius 3 is 1.91 bits per heavy atom. The Labute approximate surface area is 212 Å². The van der Waals surface area contributed by atoms with Gasteiger partial charge in [0, 0.05) is 0 Å². The molecule has 0 amide bonds. The molecule has 2 atom stereocenters. The minimum atomic E-state index is -1.95. The van der Waals surface area contributed by atoms with Gasteiger partial charge < -0.3 is 0 Å². The fourth-order valence-electron chi connectivity index (χ4n) is 4.71. The molecule has 0 spiro atoms. The topological polar surface area (TPSA) is 52.6 Å². The van der Waals surface area contributed by atoms with Crippen LogP contribution in [-0.2, 0) is 19.1 Å². The third-order valence-electron chi connectivity index (χ3n) is 6.73. The number of esters is 2. The molecule has 34 heavy (non-hydrogen) atoms. The van der Waals surface area contributed by atoms with Gasteiger partial charge in [-0.05, 0) is 0 Å². The summed E-state index contributed by atoms with van der Waals surface area (Å²) in [5.74, 6) is -0.630. The van der Waals surface area contributed by atoms with Crippen LogP contribution in [0.5, 0.6) is 0 Å². The molecule has 0 unspecified atom stereocenters. The van der Waals surface area contributed by atoms with E-state index in [2.05, 4.69) is 82.5 Å². The molecule has 1 aliphatic rings. The number of rotatable bonds is 11. The van der Waals surface area contributed by atoms with Crippen LogP contribution in [0.15, 0.2) is 54.6 Å². The van der Waals surface area contributed by atoms with Gasteiger partial charge in [0.2, 0.25) is 0 Å². The van der Waals surface area contributed by atoms with Crippen molar-refractivity contribution < 1.29 is 19.1 Å². The zero-order chi connectivity index (χ0) is 25.4. The summed E-state index contributed by atoms with van der Waals surface area (Å²) in [6.45, 7) is 8.86. The normalized spacial score (nSPS) is 20.7. The second-order valence-electron chi connectivity index (χ2n) is 11.3. The van der Waals surface area contributed by atoms with Gasteiger partial charge in [-0.25, -0.2) is 0 Å². The van der Waals surface area contributed by atoms with Crippen molar-refractivity contribution in [2.24, 2.45) is 17.3 Å².